The van der Waals surface area contributed by atoms with Crippen LogP contribution in [0.2, 0.25) is 0 Å². The smallest absolute Gasteiger partial charge is 0.267 e. The fourth-order valence-corrected chi connectivity index (χ4v) is 2.18. The van der Waals surface area contributed by atoms with Crippen molar-refractivity contribution in [3.63, 3.8) is 0 Å². The Morgan fingerprint density at radius 3 is 2.57 bits per heavy atom. The molecule has 0 radical (unpaired) electrons. The first-order chi connectivity index (χ1) is 10.1. The maximum Gasteiger partial charge on any atom is 0.267 e. The van der Waals surface area contributed by atoms with E-state index in [1.165, 1.54) is 16.3 Å². The number of nitrogens with one attached hydrogen (secondary N) is 1. The number of rotatable bonds is 6. The molecule has 1 N–H and O–H groups in total. The van der Waals surface area contributed by atoms with Gasteiger partial charge >= 0.3 is 0 Å². The molecule has 1 unspecified atom stereocenters. The van der Waals surface area contributed by atoms with E-state index >= 15 is 0 Å². The highest BCUT2D eigenvalue weighted by Crippen LogP contribution is 2.15. The van der Waals surface area contributed by atoms with Crippen molar-refractivity contribution in [3.8, 4) is 5.88 Å². The number of methoxy groups -OCH3 is 1. The van der Waals surface area contributed by atoms with Gasteiger partial charge in [-0.3, -0.25) is 4.79 Å². The second kappa shape index (κ2) is 7.04. The van der Waals surface area contributed by atoms with Gasteiger partial charge in [0, 0.05) is 12.1 Å². The Bertz CT molecular complexity index is 635. The number of ether oxygens (including phenoxy) is 1. The minimum atomic E-state index is -0.134. The summed E-state index contributed by atoms with van der Waals surface area (Å²) in [6.07, 6.45) is 0. The predicted octanol–water partition coefficient (Wildman–Crippen LogP) is 1.91. The highest BCUT2D eigenvalue weighted by atomic mass is 16.5. The van der Waals surface area contributed by atoms with Crippen LogP contribution < -0.4 is 15.6 Å². The molecule has 5 heteroatoms. The van der Waals surface area contributed by atoms with Crippen molar-refractivity contribution < 1.29 is 4.74 Å². The van der Waals surface area contributed by atoms with Crippen molar-refractivity contribution >= 4 is 0 Å². The van der Waals surface area contributed by atoms with Gasteiger partial charge in [0.05, 0.1) is 19.7 Å². The lowest BCUT2D eigenvalue weighted by Crippen LogP contribution is -2.31. The second-order valence-corrected chi connectivity index (χ2v) is 4.92. The molecule has 0 saturated carbocycles. The van der Waals surface area contributed by atoms with Crippen LogP contribution in [0.4, 0.5) is 0 Å². The summed E-state index contributed by atoms with van der Waals surface area (Å²) < 4.78 is 6.52. The normalized spacial score (nSPS) is 12.1. The number of likely N-dealkylation sites (N-methyl/N-ethyl adjacent to an activating group) is 1. The first-order valence-corrected chi connectivity index (χ1v) is 7.06. The van der Waals surface area contributed by atoms with Crippen LogP contribution in [0.1, 0.15) is 24.1 Å². The Morgan fingerprint density at radius 2 is 1.95 bits per heavy atom. The van der Waals surface area contributed by atoms with Crippen LogP contribution in [0.3, 0.4) is 0 Å². The Labute approximate surface area is 124 Å². The Kier molecular flexibility index (Phi) is 5.11. The van der Waals surface area contributed by atoms with Gasteiger partial charge in [-0.1, -0.05) is 36.8 Å². The van der Waals surface area contributed by atoms with Crippen molar-refractivity contribution in [2.45, 2.75) is 26.4 Å². The summed E-state index contributed by atoms with van der Waals surface area (Å²) in [7, 11) is 1.54. The molecule has 0 amide bonds. The van der Waals surface area contributed by atoms with Crippen molar-refractivity contribution in [1.82, 2.24) is 15.1 Å². The summed E-state index contributed by atoms with van der Waals surface area (Å²) in [6.45, 7) is 5.38. The molecular weight excluding hydrogens is 266 g/mol. The average Bonchev–Trinajstić information content (AvgIpc) is 2.49. The maximum atomic E-state index is 11.9. The molecular formula is C16H21N3O2. The van der Waals surface area contributed by atoms with E-state index in [9.17, 15) is 4.79 Å². The van der Waals surface area contributed by atoms with Crippen LogP contribution in [0, 0.1) is 6.92 Å². The molecule has 112 valence electrons. The molecule has 0 aliphatic rings. The van der Waals surface area contributed by atoms with Crippen molar-refractivity contribution in [3.05, 3.63) is 57.9 Å². The zero-order chi connectivity index (χ0) is 15.2. The molecule has 0 saturated heterocycles. The van der Waals surface area contributed by atoms with Crippen molar-refractivity contribution in [2.24, 2.45) is 0 Å². The van der Waals surface area contributed by atoms with Crippen LogP contribution >= 0.6 is 0 Å². The Morgan fingerprint density at radius 1 is 1.24 bits per heavy atom. The van der Waals surface area contributed by atoms with Gasteiger partial charge in [-0.25, -0.2) is 4.68 Å². The number of aryl methyl sites for hydroxylation is 1. The van der Waals surface area contributed by atoms with Gasteiger partial charge < -0.3 is 10.1 Å². The number of hydrogen-bond acceptors (Lipinski definition) is 4. The van der Waals surface area contributed by atoms with Crippen molar-refractivity contribution in [1.29, 1.82) is 0 Å². The van der Waals surface area contributed by atoms with Gasteiger partial charge in [0.2, 0.25) is 5.88 Å². The molecule has 5 nitrogen and oxygen atoms in total. The first kappa shape index (κ1) is 15.3. The molecule has 2 aromatic rings. The standard InChI is InChI=1S/C16H21N3O2/c1-4-17-14(13-7-5-12(2)6-8-13)11-19-16(20)10-9-15(18-19)21-3/h5-10,14,17H,4,11H2,1-3H3. The molecule has 21 heavy (non-hydrogen) atoms. The van der Waals surface area contributed by atoms with Gasteiger partial charge in [0.25, 0.3) is 5.56 Å². The molecule has 2 rings (SSSR count). The predicted molar refractivity (Wildman–Crippen MR) is 82.6 cm³/mol. The van der Waals surface area contributed by atoms with E-state index in [1.54, 1.807) is 13.2 Å². The number of benzene rings is 1. The number of hydrogen-bond donors (Lipinski definition) is 1. The zero-order valence-electron chi connectivity index (χ0n) is 12.7. The maximum absolute atomic E-state index is 11.9. The highest BCUT2D eigenvalue weighted by Gasteiger charge is 2.13. The summed E-state index contributed by atoms with van der Waals surface area (Å²) in [4.78, 5) is 11.9. The third-order valence-electron chi connectivity index (χ3n) is 3.34. The van der Waals surface area contributed by atoms with Gasteiger partial charge in [0.15, 0.2) is 0 Å². The van der Waals surface area contributed by atoms with E-state index in [0.717, 1.165) is 12.1 Å². The molecule has 1 aromatic carbocycles. The highest BCUT2D eigenvalue weighted by molar-refractivity contribution is 5.24. The van der Waals surface area contributed by atoms with Gasteiger partial charge in [-0.15, -0.1) is 5.10 Å². The molecule has 0 aliphatic heterocycles. The summed E-state index contributed by atoms with van der Waals surface area (Å²) in [5, 5.41) is 7.59. The van der Waals surface area contributed by atoms with E-state index in [2.05, 4.69) is 41.6 Å². The largest absolute Gasteiger partial charge is 0.480 e. The van der Waals surface area contributed by atoms with Gasteiger partial charge in [-0.2, -0.15) is 0 Å². The van der Waals surface area contributed by atoms with Crippen LogP contribution in [0.5, 0.6) is 5.88 Å². The minimum Gasteiger partial charge on any atom is -0.480 e. The summed E-state index contributed by atoms with van der Waals surface area (Å²) in [5.74, 6) is 0.439. The van der Waals surface area contributed by atoms with E-state index < -0.39 is 0 Å². The van der Waals surface area contributed by atoms with Crippen LogP contribution in [0.15, 0.2) is 41.2 Å². The summed E-state index contributed by atoms with van der Waals surface area (Å²) in [6, 6.07) is 11.4. The lowest BCUT2D eigenvalue weighted by atomic mass is 10.1. The quantitative estimate of drug-likeness (QED) is 0.882. The van der Waals surface area contributed by atoms with Crippen molar-refractivity contribution in [2.75, 3.05) is 13.7 Å². The molecule has 0 fully saturated rings. The fourth-order valence-electron chi connectivity index (χ4n) is 2.18. The average molecular weight is 287 g/mol. The summed E-state index contributed by atoms with van der Waals surface area (Å²) >= 11 is 0. The third-order valence-corrected chi connectivity index (χ3v) is 3.34. The zero-order valence-corrected chi connectivity index (χ0v) is 12.7. The Hall–Kier alpha value is -2.14. The Balaban J connectivity index is 2.27. The molecule has 0 aliphatic carbocycles. The number of nitrogens with zero attached hydrogens (tertiary/aromatic N) is 2. The molecule has 0 spiro atoms. The lowest BCUT2D eigenvalue weighted by Gasteiger charge is -2.19. The minimum absolute atomic E-state index is 0.0351. The van der Waals surface area contributed by atoms with Crippen LogP contribution in [-0.2, 0) is 6.54 Å². The fraction of sp³-hybridized carbons (Fsp3) is 0.375. The lowest BCUT2D eigenvalue weighted by molar-refractivity contribution is 0.361. The van der Waals surface area contributed by atoms with E-state index in [1.807, 2.05) is 6.92 Å². The third kappa shape index (κ3) is 3.92. The molecule has 0 bridgehead atoms. The van der Waals surface area contributed by atoms with Crippen LogP contribution in [-0.4, -0.2) is 23.4 Å². The molecule has 1 aromatic heterocycles. The molecule has 1 heterocycles. The van der Waals surface area contributed by atoms with E-state index in [4.69, 9.17) is 4.74 Å². The summed E-state index contributed by atoms with van der Waals surface area (Å²) in [5.41, 5.74) is 2.22. The molecule has 1 atom stereocenters. The van der Waals surface area contributed by atoms with E-state index in [0.29, 0.717) is 12.4 Å². The first-order valence-electron chi connectivity index (χ1n) is 7.06. The van der Waals surface area contributed by atoms with Gasteiger partial charge in [-0.05, 0) is 19.0 Å². The van der Waals surface area contributed by atoms with E-state index in [-0.39, 0.29) is 11.6 Å². The topological polar surface area (TPSA) is 56.1 Å². The number of aromatic nitrogens is 2. The SMILES string of the molecule is CCNC(Cn1nc(OC)ccc1=O)c1ccc(C)cc1. The van der Waals surface area contributed by atoms with Crippen LogP contribution in [0.25, 0.3) is 0 Å². The second-order valence-electron chi connectivity index (χ2n) is 4.92. The monoisotopic (exact) mass is 287 g/mol. The van der Waals surface area contributed by atoms with Gasteiger partial charge in [0.1, 0.15) is 0 Å².